The van der Waals surface area contributed by atoms with E-state index in [1.54, 1.807) is 0 Å². The zero-order valence-corrected chi connectivity index (χ0v) is 23.7. The van der Waals surface area contributed by atoms with Crippen LogP contribution in [0.1, 0.15) is 149 Å². The van der Waals surface area contributed by atoms with E-state index in [4.69, 9.17) is 9.47 Å². The van der Waals surface area contributed by atoms with E-state index in [-0.39, 0.29) is 11.0 Å². The quantitative estimate of drug-likeness (QED) is 0.211. The van der Waals surface area contributed by atoms with Gasteiger partial charge in [0.05, 0.1) is 6.61 Å². The van der Waals surface area contributed by atoms with Crippen LogP contribution in [0.25, 0.3) is 5.57 Å². The topological polar surface area (TPSA) is 18.5 Å². The number of hydrogen-bond acceptors (Lipinski definition) is 2. The fourth-order valence-electron chi connectivity index (χ4n) is 5.24. The van der Waals surface area contributed by atoms with E-state index in [9.17, 15) is 0 Å². The Morgan fingerprint density at radius 2 is 1.35 bits per heavy atom. The second kappa shape index (κ2) is 14.2. The molecule has 2 heteroatoms. The van der Waals surface area contributed by atoms with Gasteiger partial charge in [0, 0.05) is 11.1 Å². The number of allylic oxidation sites excluding steroid dienone is 1. The highest BCUT2D eigenvalue weighted by atomic mass is 16.5. The highest BCUT2D eigenvalue weighted by molar-refractivity contribution is 5.74. The molecular weight excluding hydrogens is 416 g/mol. The van der Waals surface area contributed by atoms with Gasteiger partial charge in [-0.05, 0) is 62.8 Å². The summed E-state index contributed by atoms with van der Waals surface area (Å²) in [6.07, 6.45) is 20.7. The summed E-state index contributed by atoms with van der Waals surface area (Å²) in [6.45, 7) is 16.6. The Hall–Kier alpha value is -1.44. The van der Waals surface area contributed by atoms with Gasteiger partial charge in [-0.2, -0.15) is 0 Å². The molecule has 0 amide bonds. The summed E-state index contributed by atoms with van der Waals surface area (Å²) in [7, 11) is 0. The molecule has 1 aliphatic rings. The predicted molar refractivity (Wildman–Crippen MR) is 149 cm³/mol. The van der Waals surface area contributed by atoms with Crippen molar-refractivity contribution in [2.45, 2.75) is 149 Å². The smallest absolute Gasteiger partial charge is 0.128 e. The number of hydrogen-bond donors (Lipinski definition) is 0. The van der Waals surface area contributed by atoms with E-state index in [1.807, 2.05) is 0 Å². The number of benzene rings is 1. The molecule has 0 bridgehead atoms. The summed E-state index contributed by atoms with van der Waals surface area (Å²) < 4.78 is 12.9. The molecule has 0 unspecified atom stereocenters. The first-order valence-corrected chi connectivity index (χ1v) is 14.4. The minimum atomic E-state index is -0.265. The molecule has 1 aromatic carbocycles. The highest BCUT2D eigenvalue weighted by Gasteiger charge is 2.30. The lowest BCUT2D eigenvalue weighted by molar-refractivity contribution is 0.157. The van der Waals surface area contributed by atoms with Crippen LogP contribution in [0.4, 0.5) is 0 Å². The fourth-order valence-corrected chi connectivity index (χ4v) is 5.24. The Morgan fingerprint density at radius 3 is 1.97 bits per heavy atom. The molecule has 1 aliphatic heterocycles. The summed E-state index contributed by atoms with van der Waals surface area (Å²) in [5.41, 5.74) is 3.58. The molecule has 2 rings (SSSR count). The summed E-state index contributed by atoms with van der Waals surface area (Å²) in [5, 5.41) is 0. The molecule has 0 spiro atoms. The second-order valence-electron chi connectivity index (χ2n) is 11.7. The van der Waals surface area contributed by atoms with Crippen molar-refractivity contribution in [3.63, 3.8) is 0 Å². The molecule has 0 aromatic heterocycles. The molecule has 2 nitrogen and oxygen atoms in total. The van der Waals surface area contributed by atoms with Gasteiger partial charge in [-0.15, -0.1) is 0 Å². The largest absolute Gasteiger partial charge is 0.493 e. The van der Waals surface area contributed by atoms with Crippen molar-refractivity contribution >= 4 is 5.57 Å². The van der Waals surface area contributed by atoms with E-state index in [2.05, 4.69) is 66.7 Å². The SMILES string of the molecule is CCCCCCCCCCCCOc1cc2c(cc1C(C)(C)CCCCC)OC(C)(C)C=C2C. The van der Waals surface area contributed by atoms with Gasteiger partial charge in [0.25, 0.3) is 0 Å². The van der Waals surface area contributed by atoms with Gasteiger partial charge in [0.2, 0.25) is 0 Å². The van der Waals surface area contributed by atoms with Gasteiger partial charge >= 0.3 is 0 Å². The van der Waals surface area contributed by atoms with Crippen LogP contribution in [0.15, 0.2) is 18.2 Å². The third-order valence-electron chi connectivity index (χ3n) is 7.33. The zero-order chi connectivity index (χ0) is 25.0. The van der Waals surface area contributed by atoms with E-state index in [0.717, 1.165) is 24.5 Å². The molecule has 0 aliphatic carbocycles. The van der Waals surface area contributed by atoms with Crippen molar-refractivity contribution in [3.8, 4) is 11.5 Å². The van der Waals surface area contributed by atoms with E-state index in [0.29, 0.717) is 0 Å². The normalized spacial score (nSPS) is 15.0. The summed E-state index contributed by atoms with van der Waals surface area (Å²) in [6, 6.07) is 4.54. The van der Waals surface area contributed by atoms with Crippen molar-refractivity contribution in [2.24, 2.45) is 0 Å². The molecule has 0 saturated carbocycles. The highest BCUT2D eigenvalue weighted by Crippen LogP contribution is 2.44. The maximum absolute atomic E-state index is 6.49. The molecule has 0 atom stereocenters. The van der Waals surface area contributed by atoms with Crippen molar-refractivity contribution in [2.75, 3.05) is 6.61 Å². The lowest BCUT2D eigenvalue weighted by Crippen LogP contribution is -2.29. The minimum absolute atomic E-state index is 0.0693. The molecule has 1 aromatic rings. The monoisotopic (exact) mass is 470 g/mol. The molecule has 0 saturated heterocycles. The van der Waals surface area contributed by atoms with Gasteiger partial charge < -0.3 is 9.47 Å². The van der Waals surface area contributed by atoms with Crippen molar-refractivity contribution in [1.29, 1.82) is 0 Å². The molecule has 34 heavy (non-hydrogen) atoms. The Balaban J connectivity index is 1.98. The minimum Gasteiger partial charge on any atom is -0.493 e. The van der Waals surface area contributed by atoms with Crippen LogP contribution in [0.2, 0.25) is 0 Å². The van der Waals surface area contributed by atoms with Crippen LogP contribution < -0.4 is 9.47 Å². The van der Waals surface area contributed by atoms with Crippen LogP contribution in [-0.2, 0) is 5.41 Å². The zero-order valence-electron chi connectivity index (χ0n) is 23.7. The number of unbranched alkanes of at least 4 members (excludes halogenated alkanes) is 11. The number of fused-ring (bicyclic) bond motifs is 1. The van der Waals surface area contributed by atoms with Crippen LogP contribution in [0.3, 0.4) is 0 Å². The third-order valence-corrected chi connectivity index (χ3v) is 7.33. The summed E-state index contributed by atoms with van der Waals surface area (Å²) in [4.78, 5) is 0. The average molecular weight is 471 g/mol. The van der Waals surface area contributed by atoms with E-state index >= 15 is 0 Å². The van der Waals surface area contributed by atoms with Crippen LogP contribution in [0, 0.1) is 0 Å². The van der Waals surface area contributed by atoms with E-state index in [1.165, 1.54) is 100 Å². The van der Waals surface area contributed by atoms with Crippen molar-refractivity contribution in [1.82, 2.24) is 0 Å². The third kappa shape index (κ3) is 9.31. The van der Waals surface area contributed by atoms with Crippen LogP contribution in [0.5, 0.6) is 11.5 Å². The molecule has 194 valence electrons. The lowest BCUT2D eigenvalue weighted by Gasteiger charge is -2.34. The standard InChI is InChI=1S/C32H54O2/c1-8-10-12-13-14-15-16-17-18-20-22-33-30-23-27-26(3)25-32(6,7)34-29(27)24-28(30)31(4,5)21-19-11-9-2/h23-25H,8-22H2,1-7H3. The fraction of sp³-hybridized carbons (Fsp3) is 0.750. The maximum Gasteiger partial charge on any atom is 0.128 e. The first kappa shape index (κ1) is 28.8. The lowest BCUT2D eigenvalue weighted by atomic mass is 9.78. The molecular formula is C32H54O2. The Morgan fingerprint density at radius 1 is 0.794 bits per heavy atom. The van der Waals surface area contributed by atoms with E-state index < -0.39 is 0 Å². The first-order chi connectivity index (χ1) is 16.2. The van der Waals surface area contributed by atoms with Crippen LogP contribution in [-0.4, -0.2) is 12.2 Å². The van der Waals surface area contributed by atoms with Gasteiger partial charge in [0.1, 0.15) is 17.1 Å². The van der Waals surface area contributed by atoms with Crippen molar-refractivity contribution in [3.05, 3.63) is 29.3 Å². The van der Waals surface area contributed by atoms with Gasteiger partial charge in [0.15, 0.2) is 0 Å². The number of ether oxygens (including phenoxy) is 2. The van der Waals surface area contributed by atoms with Gasteiger partial charge in [-0.25, -0.2) is 0 Å². The predicted octanol–water partition coefficient (Wildman–Crippen LogP) is 10.4. The molecule has 0 N–H and O–H groups in total. The molecule has 0 fully saturated rings. The van der Waals surface area contributed by atoms with Gasteiger partial charge in [-0.3, -0.25) is 0 Å². The van der Waals surface area contributed by atoms with Crippen molar-refractivity contribution < 1.29 is 9.47 Å². The van der Waals surface area contributed by atoms with Gasteiger partial charge in [-0.1, -0.05) is 105 Å². The Labute approximate surface area is 211 Å². The molecule has 0 radical (unpaired) electrons. The summed E-state index contributed by atoms with van der Waals surface area (Å²) in [5.74, 6) is 2.07. The average Bonchev–Trinajstić information content (AvgIpc) is 2.76. The Bertz CT molecular complexity index is 757. The summed E-state index contributed by atoms with van der Waals surface area (Å²) >= 11 is 0. The Kier molecular flexibility index (Phi) is 12.0. The number of rotatable bonds is 17. The molecule has 1 heterocycles. The maximum atomic E-state index is 6.49. The first-order valence-electron chi connectivity index (χ1n) is 14.4. The van der Waals surface area contributed by atoms with Crippen LogP contribution >= 0.6 is 0 Å². The second-order valence-corrected chi connectivity index (χ2v) is 11.7.